The van der Waals surface area contributed by atoms with Crippen LogP contribution in [0.1, 0.15) is 28.1 Å². The van der Waals surface area contributed by atoms with Crippen LogP contribution in [0.25, 0.3) is 10.2 Å². The molecule has 0 unspecified atom stereocenters. The van der Waals surface area contributed by atoms with Gasteiger partial charge in [-0.2, -0.15) is 0 Å². The number of rotatable bonds is 6. The number of thiophene rings is 1. The number of hydrogen-bond donors (Lipinski definition) is 2. The quantitative estimate of drug-likeness (QED) is 0.349. The molecular weight excluding hydrogens is 486 g/mol. The van der Waals surface area contributed by atoms with E-state index in [1.165, 1.54) is 24.2 Å². The van der Waals surface area contributed by atoms with Crippen LogP contribution in [0, 0.1) is 6.92 Å². The van der Waals surface area contributed by atoms with Crippen LogP contribution in [-0.4, -0.2) is 47.0 Å². The van der Waals surface area contributed by atoms with Gasteiger partial charge in [-0.1, -0.05) is 18.2 Å². The van der Waals surface area contributed by atoms with Crippen molar-refractivity contribution in [1.82, 2.24) is 15.2 Å². The molecule has 3 aliphatic rings. The van der Waals surface area contributed by atoms with Crippen LogP contribution < -0.4 is 20.3 Å². The third-order valence-electron chi connectivity index (χ3n) is 7.15. The van der Waals surface area contributed by atoms with E-state index >= 15 is 0 Å². The number of carbonyl (C=O) groups is 2. The second-order valence-electron chi connectivity index (χ2n) is 9.80. The van der Waals surface area contributed by atoms with Crippen molar-refractivity contribution in [3.8, 4) is 11.5 Å². The molecule has 1 saturated carbocycles. The maximum atomic E-state index is 13.4. The Morgan fingerprint density at radius 3 is 2.65 bits per heavy atom. The maximum Gasteiger partial charge on any atom is 0.331 e. The number of benzene rings is 2. The van der Waals surface area contributed by atoms with Crippen LogP contribution in [0.15, 0.2) is 60.8 Å². The highest BCUT2D eigenvalue weighted by Gasteiger charge is 2.39. The number of aromatic nitrogens is 1. The summed E-state index contributed by atoms with van der Waals surface area (Å²) in [4.78, 5) is 36.4. The number of hydrogen-bond acceptors (Lipinski definition) is 6. The predicted molar refractivity (Wildman–Crippen MR) is 144 cm³/mol. The number of nitrogens with one attached hydrogen (secondary N) is 2. The molecule has 0 radical (unpaired) electrons. The average molecular weight is 512 g/mol. The molecule has 2 aromatic carbocycles. The molecule has 7 rings (SSSR count). The van der Waals surface area contributed by atoms with Crippen LogP contribution in [0.2, 0.25) is 0 Å². The van der Waals surface area contributed by atoms with E-state index in [2.05, 4.69) is 20.5 Å². The zero-order chi connectivity index (χ0) is 25.1. The Morgan fingerprint density at radius 1 is 1.08 bits per heavy atom. The first-order valence-electron chi connectivity index (χ1n) is 12.5. The zero-order valence-electron chi connectivity index (χ0n) is 20.2. The topological polar surface area (TPSA) is 86.8 Å². The van der Waals surface area contributed by atoms with Gasteiger partial charge in [0.05, 0.1) is 28.5 Å². The van der Waals surface area contributed by atoms with Gasteiger partial charge >= 0.3 is 6.03 Å². The monoisotopic (exact) mass is 511 g/mol. The summed E-state index contributed by atoms with van der Waals surface area (Å²) in [6, 6.07) is 17.6. The lowest BCUT2D eigenvalue weighted by atomic mass is 10.1. The summed E-state index contributed by atoms with van der Waals surface area (Å²) in [6.07, 6.45) is 4.22. The number of ether oxygens (including phenoxy) is 1. The molecule has 37 heavy (non-hydrogen) atoms. The number of carbonyl (C=O) groups excluding carboxylic acids is 2. The van der Waals surface area contributed by atoms with Gasteiger partial charge in [0.25, 0.3) is 5.91 Å². The van der Waals surface area contributed by atoms with Gasteiger partial charge in [-0.15, -0.1) is 11.3 Å². The first-order chi connectivity index (χ1) is 18.0. The van der Waals surface area contributed by atoms with Crippen LogP contribution in [0.5, 0.6) is 11.5 Å². The van der Waals surface area contributed by atoms with Gasteiger partial charge in [-0.3, -0.25) is 14.6 Å². The molecule has 1 aliphatic carbocycles. The molecule has 8 nitrogen and oxygen atoms in total. The largest absolute Gasteiger partial charge is 0.457 e. The van der Waals surface area contributed by atoms with E-state index in [-0.39, 0.29) is 18.0 Å². The minimum absolute atomic E-state index is 0.146. The summed E-state index contributed by atoms with van der Waals surface area (Å²) < 4.78 is 5.97. The summed E-state index contributed by atoms with van der Waals surface area (Å²) in [7, 11) is 0. The number of para-hydroxylation sites is 1. The average Bonchev–Trinajstić information content (AvgIpc) is 3.64. The van der Waals surface area contributed by atoms with E-state index in [0.717, 1.165) is 40.3 Å². The number of likely N-dealkylation sites (tertiary alicyclic amines) is 1. The Balaban J connectivity index is 1.19. The van der Waals surface area contributed by atoms with Gasteiger partial charge in [0.2, 0.25) is 0 Å². The second-order valence-corrected chi connectivity index (χ2v) is 10.8. The lowest BCUT2D eigenvalue weighted by Gasteiger charge is -2.39. The minimum Gasteiger partial charge on any atom is -0.457 e. The van der Waals surface area contributed by atoms with Crippen molar-refractivity contribution in [2.75, 3.05) is 23.3 Å². The normalized spacial score (nSPS) is 17.4. The van der Waals surface area contributed by atoms with E-state index in [0.29, 0.717) is 28.0 Å². The molecular formula is C28H25N5O3S. The molecule has 186 valence electrons. The van der Waals surface area contributed by atoms with E-state index in [1.54, 1.807) is 11.1 Å². The van der Waals surface area contributed by atoms with Gasteiger partial charge < -0.3 is 15.4 Å². The molecule has 0 atom stereocenters. The van der Waals surface area contributed by atoms with E-state index in [4.69, 9.17) is 4.74 Å². The highest BCUT2D eigenvalue weighted by Crippen LogP contribution is 2.46. The van der Waals surface area contributed by atoms with Crippen LogP contribution in [0.3, 0.4) is 0 Å². The molecule has 0 bridgehead atoms. The smallest absolute Gasteiger partial charge is 0.331 e. The fraction of sp³-hybridized carbons (Fsp3) is 0.250. The molecule has 2 N–H and O–H groups in total. The highest BCUT2D eigenvalue weighted by atomic mass is 32.1. The minimum atomic E-state index is -0.309. The van der Waals surface area contributed by atoms with E-state index in [9.17, 15) is 9.59 Å². The number of amides is 3. The van der Waals surface area contributed by atoms with E-state index < -0.39 is 0 Å². The van der Waals surface area contributed by atoms with Gasteiger partial charge in [0, 0.05) is 25.3 Å². The summed E-state index contributed by atoms with van der Waals surface area (Å²) in [5.74, 6) is 1.28. The molecule has 2 aliphatic heterocycles. The Bertz CT molecular complexity index is 1540. The fourth-order valence-corrected chi connectivity index (χ4v) is 6.17. The van der Waals surface area contributed by atoms with Gasteiger partial charge in [0.15, 0.2) is 0 Å². The van der Waals surface area contributed by atoms with E-state index in [1.807, 2.05) is 61.5 Å². The second kappa shape index (κ2) is 8.57. The van der Waals surface area contributed by atoms with Gasteiger partial charge in [-0.05, 0) is 61.7 Å². The third-order valence-corrected chi connectivity index (χ3v) is 8.25. The molecule has 2 aromatic heterocycles. The van der Waals surface area contributed by atoms with Crippen molar-refractivity contribution < 1.29 is 14.3 Å². The van der Waals surface area contributed by atoms with Crippen molar-refractivity contribution in [3.05, 3.63) is 71.2 Å². The molecule has 3 amide bonds. The number of anilines is 3. The Kier molecular flexibility index (Phi) is 5.16. The highest BCUT2D eigenvalue weighted by molar-refractivity contribution is 7.21. The third kappa shape index (κ3) is 3.91. The van der Waals surface area contributed by atoms with Crippen molar-refractivity contribution in [2.45, 2.75) is 31.8 Å². The number of urea groups is 1. The first-order valence-corrected chi connectivity index (χ1v) is 13.3. The summed E-state index contributed by atoms with van der Waals surface area (Å²) >= 11 is 1.32. The first kappa shape index (κ1) is 22.3. The predicted octanol–water partition coefficient (Wildman–Crippen LogP) is 5.66. The number of aryl methyl sites for hydroxylation is 1. The molecule has 2 fully saturated rings. The number of nitrogens with zero attached hydrogens (tertiary/aromatic N) is 3. The summed E-state index contributed by atoms with van der Waals surface area (Å²) in [5, 5.41) is 6.91. The summed E-state index contributed by atoms with van der Waals surface area (Å²) in [6.45, 7) is 3.73. The standard InChI is InChI=1S/C28H25N5O3S/c1-16-13-20(36-19-5-3-2-4-6-19)9-10-21(16)33-22-11-12-29-27-23(22)24(31-28(33)35)25(37-27)26(34)30-17-14-32(15-17)18-7-8-18/h2-6,9-13,17-18H,7-8,14-15H2,1H3,(H,30,34)(H,31,35). The zero-order valence-corrected chi connectivity index (χ0v) is 21.0. The SMILES string of the molecule is Cc1cc(Oc2ccccc2)ccc1N1C(=O)Nc2c(C(=O)NC3CN(C4CC4)C3)sc3nccc1c23. The van der Waals surface area contributed by atoms with Crippen molar-refractivity contribution in [3.63, 3.8) is 0 Å². The van der Waals surface area contributed by atoms with Crippen molar-refractivity contribution >= 4 is 50.6 Å². The van der Waals surface area contributed by atoms with Gasteiger partial charge in [0.1, 0.15) is 21.2 Å². The number of pyridine rings is 1. The van der Waals surface area contributed by atoms with Gasteiger partial charge in [-0.25, -0.2) is 9.78 Å². The van der Waals surface area contributed by atoms with Crippen LogP contribution >= 0.6 is 11.3 Å². The summed E-state index contributed by atoms with van der Waals surface area (Å²) in [5.41, 5.74) is 2.88. The Labute approximate surface area is 217 Å². The van der Waals surface area contributed by atoms with Crippen LogP contribution in [-0.2, 0) is 0 Å². The fourth-order valence-electron chi connectivity index (χ4n) is 5.14. The van der Waals surface area contributed by atoms with Crippen molar-refractivity contribution in [1.29, 1.82) is 0 Å². The maximum absolute atomic E-state index is 13.4. The molecule has 4 aromatic rings. The molecule has 0 spiro atoms. The Morgan fingerprint density at radius 2 is 1.89 bits per heavy atom. The lowest BCUT2D eigenvalue weighted by Crippen LogP contribution is -2.59. The molecule has 9 heteroatoms. The Hall–Kier alpha value is -3.95. The molecule has 1 saturated heterocycles. The molecule has 4 heterocycles. The van der Waals surface area contributed by atoms with Crippen molar-refractivity contribution in [2.24, 2.45) is 0 Å². The lowest BCUT2D eigenvalue weighted by molar-refractivity contribution is 0.0797. The van der Waals surface area contributed by atoms with Crippen LogP contribution in [0.4, 0.5) is 21.9 Å².